The number of rotatable bonds is 3. The van der Waals surface area contributed by atoms with Crippen molar-refractivity contribution < 1.29 is 4.74 Å². The van der Waals surface area contributed by atoms with Gasteiger partial charge in [0.05, 0.1) is 6.61 Å². The first-order chi connectivity index (χ1) is 8.24. The van der Waals surface area contributed by atoms with E-state index >= 15 is 0 Å². The molecular weight excluding hydrogens is 210 g/mol. The molecule has 3 rings (SSSR count). The van der Waals surface area contributed by atoms with Crippen LogP contribution in [0.5, 0.6) is 0 Å². The summed E-state index contributed by atoms with van der Waals surface area (Å²) in [5.41, 5.74) is 9.44. The maximum Gasteiger partial charge on any atom is 0.0535 e. The highest BCUT2D eigenvalue weighted by atomic mass is 16.5. The van der Waals surface area contributed by atoms with Gasteiger partial charge in [-0.15, -0.1) is 0 Å². The Bertz CT molecular complexity index is 403. The zero-order valence-electron chi connectivity index (χ0n) is 10.5. The van der Waals surface area contributed by atoms with Crippen molar-refractivity contribution in [2.24, 2.45) is 5.73 Å². The SMILES string of the molecule is CC(N)C1(c2ccccc2C2CCOC2)CC1. The monoisotopic (exact) mass is 231 g/mol. The van der Waals surface area contributed by atoms with Crippen LogP contribution >= 0.6 is 0 Å². The maximum atomic E-state index is 6.20. The van der Waals surface area contributed by atoms with Gasteiger partial charge in [0.2, 0.25) is 0 Å². The van der Waals surface area contributed by atoms with Gasteiger partial charge in [-0.2, -0.15) is 0 Å². The van der Waals surface area contributed by atoms with Crippen molar-refractivity contribution in [2.45, 2.75) is 43.6 Å². The van der Waals surface area contributed by atoms with E-state index in [4.69, 9.17) is 10.5 Å². The number of hydrogen-bond donors (Lipinski definition) is 1. The highest BCUT2D eigenvalue weighted by molar-refractivity contribution is 5.42. The molecule has 1 aliphatic carbocycles. The Morgan fingerprint density at radius 3 is 2.71 bits per heavy atom. The summed E-state index contributed by atoms with van der Waals surface area (Å²) in [5, 5.41) is 0. The Hall–Kier alpha value is -0.860. The molecule has 2 nitrogen and oxygen atoms in total. The normalized spacial score (nSPS) is 28.0. The van der Waals surface area contributed by atoms with Gasteiger partial charge in [0.1, 0.15) is 0 Å². The van der Waals surface area contributed by atoms with Crippen molar-refractivity contribution in [1.29, 1.82) is 0 Å². The molecule has 1 saturated carbocycles. The summed E-state index contributed by atoms with van der Waals surface area (Å²) in [6.45, 7) is 3.94. The number of nitrogens with two attached hydrogens (primary N) is 1. The predicted octanol–water partition coefficient (Wildman–Crippen LogP) is 2.57. The van der Waals surface area contributed by atoms with Gasteiger partial charge >= 0.3 is 0 Å². The molecule has 0 spiro atoms. The van der Waals surface area contributed by atoms with Crippen LogP contribution in [0.15, 0.2) is 24.3 Å². The third-order valence-corrected chi connectivity index (χ3v) is 4.53. The molecule has 1 heterocycles. The van der Waals surface area contributed by atoms with E-state index in [2.05, 4.69) is 31.2 Å². The largest absolute Gasteiger partial charge is 0.381 e. The second kappa shape index (κ2) is 4.11. The summed E-state index contributed by atoms with van der Waals surface area (Å²) in [4.78, 5) is 0. The summed E-state index contributed by atoms with van der Waals surface area (Å²) >= 11 is 0. The van der Waals surface area contributed by atoms with Crippen molar-refractivity contribution in [3.05, 3.63) is 35.4 Å². The second-order valence-corrected chi connectivity index (χ2v) is 5.59. The van der Waals surface area contributed by atoms with E-state index in [0.29, 0.717) is 5.92 Å². The van der Waals surface area contributed by atoms with Crippen LogP contribution in [0.1, 0.15) is 43.2 Å². The number of ether oxygens (including phenoxy) is 1. The Kier molecular flexibility index (Phi) is 2.72. The van der Waals surface area contributed by atoms with Gasteiger partial charge in [0.15, 0.2) is 0 Å². The lowest BCUT2D eigenvalue weighted by Crippen LogP contribution is -2.32. The van der Waals surface area contributed by atoms with E-state index in [1.165, 1.54) is 24.0 Å². The van der Waals surface area contributed by atoms with E-state index in [1.807, 2.05) is 0 Å². The Balaban J connectivity index is 1.99. The molecule has 1 saturated heterocycles. The lowest BCUT2D eigenvalue weighted by molar-refractivity contribution is 0.193. The third-order valence-electron chi connectivity index (χ3n) is 4.53. The molecule has 2 aliphatic rings. The molecule has 17 heavy (non-hydrogen) atoms. The fraction of sp³-hybridized carbons (Fsp3) is 0.600. The van der Waals surface area contributed by atoms with E-state index in [0.717, 1.165) is 19.6 Å². The molecule has 2 N–H and O–H groups in total. The zero-order chi connectivity index (χ0) is 11.9. The molecule has 0 amide bonds. The number of hydrogen-bond acceptors (Lipinski definition) is 2. The van der Waals surface area contributed by atoms with Gasteiger partial charge in [0, 0.05) is 24.0 Å². The summed E-state index contributed by atoms with van der Waals surface area (Å²) in [5.74, 6) is 0.586. The van der Waals surface area contributed by atoms with Gasteiger partial charge < -0.3 is 10.5 Å². The van der Waals surface area contributed by atoms with Crippen LogP contribution < -0.4 is 5.73 Å². The first kappa shape index (κ1) is 11.2. The third kappa shape index (κ3) is 1.80. The van der Waals surface area contributed by atoms with Crippen LogP contribution in [-0.2, 0) is 10.2 Å². The maximum absolute atomic E-state index is 6.20. The molecule has 2 fully saturated rings. The van der Waals surface area contributed by atoms with Crippen molar-refractivity contribution in [1.82, 2.24) is 0 Å². The van der Waals surface area contributed by atoms with Gasteiger partial charge in [-0.3, -0.25) is 0 Å². The van der Waals surface area contributed by atoms with E-state index in [-0.39, 0.29) is 11.5 Å². The minimum atomic E-state index is 0.256. The zero-order valence-corrected chi connectivity index (χ0v) is 10.5. The van der Waals surface area contributed by atoms with E-state index < -0.39 is 0 Å². The van der Waals surface area contributed by atoms with Gasteiger partial charge in [-0.25, -0.2) is 0 Å². The van der Waals surface area contributed by atoms with Gasteiger partial charge in [-0.05, 0) is 37.3 Å². The van der Waals surface area contributed by atoms with Gasteiger partial charge in [0.25, 0.3) is 0 Å². The molecule has 0 radical (unpaired) electrons. The Morgan fingerprint density at radius 1 is 1.35 bits per heavy atom. The van der Waals surface area contributed by atoms with Crippen LogP contribution in [0.4, 0.5) is 0 Å². The molecular formula is C15H21NO. The van der Waals surface area contributed by atoms with Crippen molar-refractivity contribution in [2.75, 3.05) is 13.2 Å². The van der Waals surface area contributed by atoms with Crippen LogP contribution in [0.3, 0.4) is 0 Å². The topological polar surface area (TPSA) is 35.2 Å². The van der Waals surface area contributed by atoms with Crippen LogP contribution in [0.2, 0.25) is 0 Å². The van der Waals surface area contributed by atoms with E-state index in [1.54, 1.807) is 0 Å². The Labute approximate surface area is 103 Å². The summed E-state index contributed by atoms with van der Waals surface area (Å²) in [6.07, 6.45) is 3.65. The molecule has 1 aromatic carbocycles. The van der Waals surface area contributed by atoms with Crippen molar-refractivity contribution in [3.8, 4) is 0 Å². The molecule has 1 aromatic rings. The summed E-state index contributed by atoms with van der Waals surface area (Å²) < 4.78 is 5.53. The first-order valence-corrected chi connectivity index (χ1v) is 6.67. The quantitative estimate of drug-likeness (QED) is 0.867. The lowest BCUT2D eigenvalue weighted by Gasteiger charge is -2.25. The summed E-state index contributed by atoms with van der Waals surface area (Å²) in [6, 6.07) is 9.11. The fourth-order valence-corrected chi connectivity index (χ4v) is 3.19. The molecule has 1 aliphatic heterocycles. The standard InChI is InChI=1S/C15H21NO/c1-11(16)15(7-8-15)14-5-3-2-4-13(14)12-6-9-17-10-12/h2-5,11-12H,6-10,16H2,1H3. The second-order valence-electron chi connectivity index (χ2n) is 5.59. The molecule has 2 atom stereocenters. The minimum absolute atomic E-state index is 0.256. The molecule has 2 heteroatoms. The highest BCUT2D eigenvalue weighted by Crippen LogP contribution is 2.52. The average Bonchev–Trinajstić information content (AvgIpc) is 2.98. The molecule has 92 valence electrons. The van der Waals surface area contributed by atoms with Crippen LogP contribution in [0.25, 0.3) is 0 Å². The predicted molar refractivity (Wildman–Crippen MR) is 69.2 cm³/mol. The van der Waals surface area contributed by atoms with Crippen LogP contribution in [0, 0.1) is 0 Å². The highest BCUT2D eigenvalue weighted by Gasteiger charge is 2.48. The van der Waals surface area contributed by atoms with E-state index in [9.17, 15) is 0 Å². The molecule has 2 unspecified atom stereocenters. The number of benzene rings is 1. The first-order valence-electron chi connectivity index (χ1n) is 6.67. The lowest BCUT2D eigenvalue weighted by atomic mass is 9.82. The average molecular weight is 231 g/mol. The minimum Gasteiger partial charge on any atom is -0.381 e. The summed E-state index contributed by atoms with van der Waals surface area (Å²) in [7, 11) is 0. The van der Waals surface area contributed by atoms with Gasteiger partial charge in [-0.1, -0.05) is 24.3 Å². The van der Waals surface area contributed by atoms with Crippen LogP contribution in [-0.4, -0.2) is 19.3 Å². The smallest absolute Gasteiger partial charge is 0.0535 e. The van der Waals surface area contributed by atoms with Crippen molar-refractivity contribution in [3.63, 3.8) is 0 Å². The fourth-order valence-electron chi connectivity index (χ4n) is 3.19. The Morgan fingerprint density at radius 2 is 2.12 bits per heavy atom. The van der Waals surface area contributed by atoms with Crippen molar-refractivity contribution >= 4 is 0 Å². The molecule has 0 aromatic heterocycles. The molecule has 0 bridgehead atoms.